The number of anilines is 12. The van der Waals surface area contributed by atoms with Gasteiger partial charge in [-0.1, -0.05) is 146 Å². The van der Waals surface area contributed by atoms with Crippen molar-refractivity contribution in [1.82, 2.24) is 9.13 Å². The first kappa shape index (κ1) is 51.3. The molecule has 1 aliphatic carbocycles. The molecule has 0 saturated heterocycles. The van der Waals surface area contributed by atoms with Gasteiger partial charge in [-0.2, -0.15) is 5.26 Å². The molecule has 15 rings (SSSR count). The summed E-state index contributed by atoms with van der Waals surface area (Å²) in [5, 5.41) is 15.4. The predicted molar refractivity (Wildman–Crippen MR) is 359 cm³/mol. The monoisotopic (exact) mass is 1100 g/mol. The highest BCUT2D eigenvalue weighted by atomic mass is 15.2. The second-order valence-corrected chi connectivity index (χ2v) is 21.7. The Hall–Kier alpha value is -11.6. The molecule has 2 aromatic heterocycles. The summed E-state index contributed by atoms with van der Waals surface area (Å²) in [5.41, 5.74) is 18.7. The van der Waals surface area contributed by atoms with E-state index in [-0.39, 0.29) is 6.04 Å². The van der Waals surface area contributed by atoms with Crippen LogP contribution in [0, 0.1) is 11.3 Å². The summed E-state index contributed by atoms with van der Waals surface area (Å²) in [4.78, 5) is 9.35. The van der Waals surface area contributed by atoms with Crippen molar-refractivity contribution in [2.45, 2.75) is 12.5 Å². The van der Waals surface area contributed by atoms with E-state index in [9.17, 15) is 5.26 Å². The first-order valence-electron chi connectivity index (χ1n) is 29.2. The summed E-state index contributed by atoms with van der Waals surface area (Å²) in [6.45, 7) is 0. The summed E-state index contributed by atoms with van der Waals surface area (Å²) in [5.74, 6) is 0. The standard InChI is InChI=1S/C79H57N7/c80-56-57-41-46-78(85-74-47-42-66(81(58-25-9-1-10-26-58)59-27-11-2-12-28-59)52-70(74)71-53-67(43-48-75(71)85)82(60-29-13-3-14-30-60)61-31-15-4-16-32-61)79(51-57)86-76-49-44-68(83(62-33-17-5-18-34-62)63-35-19-6-20-36-63)54-72(76)73-55-69(45-50-77(73)86)84(64-37-21-7-22-38-64)65-39-23-8-24-40-65/h1-50,52-55,79H,51H2. The Labute approximate surface area is 500 Å². The van der Waals surface area contributed by atoms with Crippen molar-refractivity contribution < 1.29 is 0 Å². The molecule has 0 bridgehead atoms. The van der Waals surface area contributed by atoms with Crippen LogP contribution in [0.4, 0.5) is 68.2 Å². The van der Waals surface area contributed by atoms with Gasteiger partial charge in [0.1, 0.15) is 0 Å². The molecule has 0 saturated carbocycles. The lowest BCUT2D eigenvalue weighted by atomic mass is 9.97. The van der Waals surface area contributed by atoms with Crippen molar-refractivity contribution in [1.29, 1.82) is 5.26 Å². The Morgan fingerprint density at radius 1 is 0.279 bits per heavy atom. The number of hydrogen-bond donors (Lipinski definition) is 0. The van der Waals surface area contributed by atoms with Crippen molar-refractivity contribution in [2.24, 2.45) is 0 Å². The zero-order valence-corrected chi connectivity index (χ0v) is 47.1. The molecule has 1 unspecified atom stereocenters. The summed E-state index contributed by atoms with van der Waals surface area (Å²) in [6, 6.07) is 115. The molecule has 0 fully saturated rings. The van der Waals surface area contributed by atoms with Gasteiger partial charge in [0.25, 0.3) is 0 Å². The summed E-state index contributed by atoms with van der Waals surface area (Å²) in [7, 11) is 0. The van der Waals surface area contributed by atoms with Gasteiger partial charge in [0.2, 0.25) is 0 Å². The Morgan fingerprint density at radius 3 is 0.779 bits per heavy atom. The Balaban J connectivity index is 0.982. The molecule has 12 aromatic carbocycles. The highest BCUT2D eigenvalue weighted by molar-refractivity contribution is 6.14. The van der Waals surface area contributed by atoms with E-state index in [0.717, 1.165) is 118 Å². The van der Waals surface area contributed by atoms with E-state index in [4.69, 9.17) is 0 Å². The maximum absolute atomic E-state index is 11.0. The van der Waals surface area contributed by atoms with E-state index >= 15 is 0 Å². The molecule has 0 spiro atoms. The second kappa shape index (κ2) is 22.3. The van der Waals surface area contributed by atoms with E-state index in [1.807, 2.05) is 6.08 Å². The minimum atomic E-state index is -0.321. The number of allylic oxidation sites excluding steroid dienone is 4. The Kier molecular flexibility index (Phi) is 13.3. The molecule has 1 atom stereocenters. The van der Waals surface area contributed by atoms with Gasteiger partial charge >= 0.3 is 0 Å². The first-order valence-corrected chi connectivity index (χ1v) is 29.2. The number of para-hydroxylation sites is 8. The average molecular weight is 1100 g/mol. The number of hydrogen-bond acceptors (Lipinski definition) is 5. The quantitative estimate of drug-likeness (QED) is 0.109. The summed E-state index contributed by atoms with van der Waals surface area (Å²) >= 11 is 0. The predicted octanol–water partition coefficient (Wildman–Crippen LogP) is 21.7. The van der Waals surface area contributed by atoms with Crippen molar-refractivity contribution in [3.63, 3.8) is 0 Å². The lowest BCUT2D eigenvalue weighted by Crippen LogP contribution is -2.18. The van der Waals surface area contributed by atoms with Crippen molar-refractivity contribution in [3.05, 3.63) is 333 Å². The van der Waals surface area contributed by atoms with Gasteiger partial charge in [-0.05, 0) is 182 Å². The number of benzene rings is 12. The van der Waals surface area contributed by atoms with Crippen molar-refractivity contribution >= 4 is 118 Å². The molecule has 7 heteroatoms. The topological polar surface area (TPSA) is 46.6 Å². The zero-order valence-electron chi connectivity index (χ0n) is 47.1. The number of nitrogens with zero attached hydrogens (tertiary/aromatic N) is 7. The highest BCUT2D eigenvalue weighted by Crippen LogP contribution is 2.49. The van der Waals surface area contributed by atoms with Crippen molar-refractivity contribution in [3.8, 4) is 6.07 Å². The van der Waals surface area contributed by atoms with Crippen LogP contribution in [0.15, 0.2) is 333 Å². The largest absolute Gasteiger partial charge is 0.331 e. The first-order chi connectivity index (χ1) is 42.6. The van der Waals surface area contributed by atoms with E-state index in [1.54, 1.807) is 0 Å². The van der Waals surface area contributed by atoms with E-state index in [2.05, 4.69) is 356 Å². The number of fused-ring (bicyclic) bond motifs is 6. The van der Waals surface area contributed by atoms with Crippen LogP contribution in [0.3, 0.4) is 0 Å². The third-order valence-corrected chi connectivity index (χ3v) is 16.6. The van der Waals surface area contributed by atoms with E-state index in [1.165, 1.54) is 0 Å². The maximum atomic E-state index is 11.0. The van der Waals surface area contributed by atoms with E-state index in [0.29, 0.717) is 12.0 Å². The summed E-state index contributed by atoms with van der Waals surface area (Å²) in [6.07, 6.45) is 4.71. The fourth-order valence-electron chi connectivity index (χ4n) is 12.8. The fourth-order valence-corrected chi connectivity index (χ4v) is 12.8. The Bertz CT molecular complexity index is 4410. The molecule has 0 radical (unpaired) electrons. The van der Waals surface area contributed by atoms with Crippen LogP contribution in [0.2, 0.25) is 0 Å². The normalized spacial score (nSPS) is 13.1. The molecule has 14 aromatic rings. The van der Waals surface area contributed by atoms with Gasteiger partial charge in [-0.25, -0.2) is 0 Å². The molecule has 0 amide bonds. The van der Waals surface area contributed by atoms with Crippen LogP contribution >= 0.6 is 0 Å². The molecule has 408 valence electrons. The van der Waals surface area contributed by atoms with E-state index < -0.39 is 0 Å². The molecule has 7 nitrogen and oxygen atoms in total. The molecule has 0 aliphatic heterocycles. The van der Waals surface area contributed by atoms with Crippen LogP contribution in [-0.2, 0) is 0 Å². The average Bonchev–Trinajstić information content (AvgIpc) is 2.24. The maximum Gasteiger partial charge on any atom is 0.0948 e. The van der Waals surface area contributed by atoms with Gasteiger partial charge in [-0.15, -0.1) is 0 Å². The molecule has 0 N–H and O–H groups in total. The van der Waals surface area contributed by atoms with Gasteiger partial charge in [0, 0.05) is 119 Å². The van der Waals surface area contributed by atoms with Crippen LogP contribution in [0.5, 0.6) is 0 Å². The summed E-state index contributed by atoms with van der Waals surface area (Å²) < 4.78 is 4.98. The number of aromatic nitrogens is 2. The molecule has 2 heterocycles. The Morgan fingerprint density at radius 2 is 0.523 bits per heavy atom. The highest BCUT2D eigenvalue weighted by Gasteiger charge is 2.31. The zero-order chi connectivity index (χ0) is 57.3. The third-order valence-electron chi connectivity index (χ3n) is 16.6. The van der Waals surface area contributed by atoms with Crippen LogP contribution in [0.25, 0.3) is 49.3 Å². The number of rotatable bonds is 14. The van der Waals surface area contributed by atoms with Gasteiger partial charge in [0.05, 0.1) is 23.1 Å². The molecular formula is C79H57N7. The second-order valence-electron chi connectivity index (χ2n) is 21.7. The smallest absolute Gasteiger partial charge is 0.0948 e. The molecule has 86 heavy (non-hydrogen) atoms. The van der Waals surface area contributed by atoms with Crippen molar-refractivity contribution in [2.75, 3.05) is 19.6 Å². The van der Waals surface area contributed by atoms with Gasteiger partial charge in [-0.3, -0.25) is 0 Å². The SMILES string of the molecule is N#CC1=CC=C(n2c3ccc(N(c4ccccc4)c4ccccc4)cc3c3cc(N(c4ccccc4)c4ccccc4)ccc32)C(n2c3ccc(N(c4ccccc4)c4ccccc4)cc3c3cc(N(c4ccccc4)c4ccccc4)ccc32)C1. The molecule has 1 aliphatic rings. The van der Waals surface area contributed by atoms with Gasteiger partial charge < -0.3 is 28.7 Å². The van der Waals surface area contributed by atoms with Crippen LogP contribution in [-0.4, -0.2) is 9.13 Å². The van der Waals surface area contributed by atoms with Gasteiger partial charge in [0.15, 0.2) is 0 Å². The minimum Gasteiger partial charge on any atom is -0.331 e. The van der Waals surface area contributed by atoms with Crippen LogP contribution < -0.4 is 19.6 Å². The van der Waals surface area contributed by atoms with Crippen LogP contribution in [0.1, 0.15) is 12.5 Å². The minimum absolute atomic E-state index is 0.321. The lowest BCUT2D eigenvalue weighted by molar-refractivity contribution is 0.633. The fraction of sp³-hybridized carbons (Fsp3) is 0.0253. The lowest BCUT2D eigenvalue weighted by Gasteiger charge is -2.29. The third kappa shape index (κ3) is 9.29. The number of nitriles is 1. The molecular weight excluding hydrogens is 1050 g/mol.